The lowest BCUT2D eigenvalue weighted by Gasteiger charge is -2.19. The second kappa shape index (κ2) is 6.70. The third kappa shape index (κ3) is 3.05. The number of rotatable bonds is 6. The SMILES string of the molecule is CCCn1ncc(Cl)c1C(NCC)c1sc(C)nc1C. The van der Waals surface area contributed by atoms with Gasteiger partial charge in [-0.2, -0.15) is 5.10 Å². The summed E-state index contributed by atoms with van der Waals surface area (Å²) < 4.78 is 2.00. The van der Waals surface area contributed by atoms with Crippen molar-refractivity contribution in [1.29, 1.82) is 0 Å². The standard InChI is InChI=1S/C14H21ClN4S/c1-5-7-19-13(11(15)8-17-19)12(16-6-2)14-9(3)18-10(4)20-14/h8,12,16H,5-7H2,1-4H3. The van der Waals surface area contributed by atoms with Crippen LogP contribution in [0.15, 0.2) is 6.20 Å². The molecular weight excluding hydrogens is 292 g/mol. The molecule has 0 bridgehead atoms. The quantitative estimate of drug-likeness (QED) is 0.884. The monoisotopic (exact) mass is 312 g/mol. The van der Waals surface area contributed by atoms with Crippen LogP contribution >= 0.6 is 22.9 Å². The molecule has 2 rings (SSSR count). The van der Waals surface area contributed by atoms with Gasteiger partial charge in [-0.15, -0.1) is 11.3 Å². The molecule has 4 nitrogen and oxygen atoms in total. The van der Waals surface area contributed by atoms with Crippen LogP contribution in [0.25, 0.3) is 0 Å². The van der Waals surface area contributed by atoms with E-state index in [9.17, 15) is 0 Å². The van der Waals surface area contributed by atoms with E-state index in [4.69, 9.17) is 11.6 Å². The maximum atomic E-state index is 6.38. The van der Waals surface area contributed by atoms with Crippen molar-refractivity contribution in [2.75, 3.05) is 6.54 Å². The fraction of sp³-hybridized carbons (Fsp3) is 0.571. The van der Waals surface area contributed by atoms with Crippen LogP contribution in [0.3, 0.4) is 0 Å². The van der Waals surface area contributed by atoms with E-state index < -0.39 is 0 Å². The Balaban J connectivity index is 2.48. The van der Waals surface area contributed by atoms with Gasteiger partial charge in [-0.1, -0.05) is 25.4 Å². The van der Waals surface area contributed by atoms with Gasteiger partial charge in [0.2, 0.25) is 0 Å². The van der Waals surface area contributed by atoms with Crippen molar-refractivity contribution in [3.63, 3.8) is 0 Å². The van der Waals surface area contributed by atoms with Crippen molar-refractivity contribution in [3.8, 4) is 0 Å². The maximum Gasteiger partial charge on any atom is 0.0900 e. The van der Waals surface area contributed by atoms with Gasteiger partial charge in [0, 0.05) is 6.54 Å². The molecule has 20 heavy (non-hydrogen) atoms. The van der Waals surface area contributed by atoms with E-state index in [0.717, 1.165) is 40.9 Å². The molecule has 0 aliphatic rings. The Bertz CT molecular complexity index is 576. The molecule has 0 saturated heterocycles. The summed E-state index contributed by atoms with van der Waals surface area (Å²) in [7, 11) is 0. The van der Waals surface area contributed by atoms with Gasteiger partial charge in [-0.3, -0.25) is 4.68 Å². The minimum atomic E-state index is 0.0627. The molecular formula is C14H21ClN4S. The summed E-state index contributed by atoms with van der Waals surface area (Å²) in [6, 6.07) is 0.0627. The Hall–Kier alpha value is -0.910. The predicted octanol–water partition coefficient (Wildman–Crippen LogP) is 3.72. The van der Waals surface area contributed by atoms with Crippen LogP contribution in [-0.2, 0) is 6.54 Å². The number of thiazole rings is 1. The first kappa shape index (κ1) is 15.5. The molecule has 0 saturated carbocycles. The second-order valence-corrected chi connectivity index (χ2v) is 6.42. The minimum absolute atomic E-state index is 0.0627. The topological polar surface area (TPSA) is 42.7 Å². The zero-order valence-corrected chi connectivity index (χ0v) is 14.0. The summed E-state index contributed by atoms with van der Waals surface area (Å²) in [5.41, 5.74) is 2.11. The van der Waals surface area contributed by atoms with Crippen LogP contribution in [0.4, 0.5) is 0 Å². The van der Waals surface area contributed by atoms with Crippen LogP contribution in [0, 0.1) is 13.8 Å². The van der Waals surface area contributed by atoms with Gasteiger partial charge in [-0.05, 0) is 26.8 Å². The van der Waals surface area contributed by atoms with Gasteiger partial charge in [0.1, 0.15) is 0 Å². The lowest BCUT2D eigenvalue weighted by atomic mass is 10.1. The van der Waals surface area contributed by atoms with Gasteiger partial charge in [0.05, 0.1) is 38.5 Å². The minimum Gasteiger partial charge on any atom is -0.304 e. The number of halogens is 1. The van der Waals surface area contributed by atoms with Gasteiger partial charge < -0.3 is 5.32 Å². The molecule has 0 aliphatic heterocycles. The normalized spacial score (nSPS) is 12.8. The van der Waals surface area contributed by atoms with E-state index in [1.54, 1.807) is 17.5 Å². The van der Waals surface area contributed by atoms with Crippen LogP contribution < -0.4 is 5.32 Å². The highest BCUT2D eigenvalue weighted by Gasteiger charge is 2.25. The van der Waals surface area contributed by atoms with E-state index in [1.165, 1.54) is 4.88 Å². The highest BCUT2D eigenvalue weighted by Crippen LogP contribution is 2.33. The highest BCUT2D eigenvalue weighted by molar-refractivity contribution is 7.11. The van der Waals surface area contributed by atoms with Gasteiger partial charge >= 0.3 is 0 Å². The molecule has 0 radical (unpaired) electrons. The molecule has 0 aromatic carbocycles. The van der Waals surface area contributed by atoms with Crippen molar-refractivity contribution in [2.45, 2.75) is 46.7 Å². The molecule has 2 aromatic heterocycles. The summed E-state index contributed by atoms with van der Waals surface area (Å²) >= 11 is 8.10. The van der Waals surface area contributed by atoms with Crippen LogP contribution in [0.5, 0.6) is 0 Å². The van der Waals surface area contributed by atoms with E-state index in [1.807, 2.05) is 11.6 Å². The molecule has 2 heterocycles. The first-order chi connectivity index (χ1) is 9.58. The average molecular weight is 313 g/mol. The Morgan fingerprint density at radius 1 is 1.40 bits per heavy atom. The lowest BCUT2D eigenvalue weighted by Crippen LogP contribution is -2.25. The fourth-order valence-corrected chi connectivity index (χ4v) is 3.64. The first-order valence-electron chi connectivity index (χ1n) is 6.96. The zero-order valence-electron chi connectivity index (χ0n) is 12.4. The van der Waals surface area contributed by atoms with Crippen molar-refractivity contribution in [1.82, 2.24) is 20.1 Å². The molecule has 2 aromatic rings. The second-order valence-electron chi connectivity index (χ2n) is 4.77. The molecule has 6 heteroatoms. The summed E-state index contributed by atoms with van der Waals surface area (Å²) in [6.45, 7) is 10.1. The Labute approximate surface area is 129 Å². The summed E-state index contributed by atoms with van der Waals surface area (Å²) in [5.74, 6) is 0. The van der Waals surface area contributed by atoms with Crippen molar-refractivity contribution < 1.29 is 0 Å². The van der Waals surface area contributed by atoms with E-state index in [-0.39, 0.29) is 6.04 Å². The molecule has 1 unspecified atom stereocenters. The molecule has 0 fully saturated rings. The predicted molar refractivity (Wildman–Crippen MR) is 84.6 cm³/mol. The molecule has 0 aliphatic carbocycles. The summed E-state index contributed by atoms with van der Waals surface area (Å²) in [4.78, 5) is 5.76. The van der Waals surface area contributed by atoms with Crippen molar-refractivity contribution in [3.05, 3.63) is 32.5 Å². The summed E-state index contributed by atoms with van der Waals surface area (Å²) in [6.07, 6.45) is 2.77. The maximum absolute atomic E-state index is 6.38. The third-order valence-corrected chi connectivity index (χ3v) is 4.58. The molecule has 1 N–H and O–H groups in total. The molecule has 0 amide bonds. The average Bonchev–Trinajstić information content (AvgIpc) is 2.91. The number of hydrogen-bond donors (Lipinski definition) is 1. The summed E-state index contributed by atoms with van der Waals surface area (Å²) in [5, 5.41) is 9.72. The molecule has 0 spiro atoms. The Morgan fingerprint density at radius 2 is 2.15 bits per heavy atom. The Morgan fingerprint density at radius 3 is 2.70 bits per heavy atom. The van der Waals surface area contributed by atoms with Gasteiger partial charge in [0.25, 0.3) is 0 Å². The highest BCUT2D eigenvalue weighted by atomic mass is 35.5. The molecule has 110 valence electrons. The molecule has 1 atom stereocenters. The fourth-order valence-electron chi connectivity index (χ4n) is 2.38. The van der Waals surface area contributed by atoms with E-state index in [0.29, 0.717) is 0 Å². The third-order valence-electron chi connectivity index (χ3n) is 3.15. The van der Waals surface area contributed by atoms with Crippen LogP contribution in [0.1, 0.15) is 47.6 Å². The van der Waals surface area contributed by atoms with Crippen molar-refractivity contribution in [2.24, 2.45) is 0 Å². The van der Waals surface area contributed by atoms with Crippen molar-refractivity contribution >= 4 is 22.9 Å². The number of hydrogen-bond acceptors (Lipinski definition) is 4. The number of aromatic nitrogens is 3. The first-order valence-corrected chi connectivity index (χ1v) is 8.16. The largest absolute Gasteiger partial charge is 0.304 e. The lowest BCUT2D eigenvalue weighted by molar-refractivity contribution is 0.523. The van der Waals surface area contributed by atoms with Crippen LogP contribution in [-0.4, -0.2) is 21.3 Å². The van der Waals surface area contributed by atoms with Gasteiger partial charge in [-0.25, -0.2) is 4.98 Å². The van der Waals surface area contributed by atoms with E-state index in [2.05, 4.69) is 36.2 Å². The smallest absolute Gasteiger partial charge is 0.0900 e. The number of nitrogens with zero attached hydrogens (tertiary/aromatic N) is 3. The number of nitrogens with one attached hydrogen (secondary N) is 1. The zero-order chi connectivity index (χ0) is 14.7. The number of aryl methyl sites for hydroxylation is 3. The van der Waals surface area contributed by atoms with Gasteiger partial charge in [0.15, 0.2) is 0 Å². The van der Waals surface area contributed by atoms with Crippen LogP contribution in [0.2, 0.25) is 5.02 Å². The Kier molecular flexibility index (Phi) is 5.18. The van der Waals surface area contributed by atoms with E-state index >= 15 is 0 Å².